The average Bonchev–Trinajstić information content (AvgIpc) is 2.77. The van der Waals surface area contributed by atoms with Crippen LogP contribution in [0.15, 0.2) is 16.8 Å². The first kappa shape index (κ1) is 15.5. The summed E-state index contributed by atoms with van der Waals surface area (Å²) in [4.78, 5) is 22.4. The molecule has 0 aliphatic carbocycles. The molecule has 1 heterocycles. The molecule has 7 heteroatoms. The molecule has 0 bridgehead atoms. The van der Waals surface area contributed by atoms with Gasteiger partial charge in [0, 0.05) is 6.04 Å². The zero-order valence-electron chi connectivity index (χ0n) is 10.8. The maximum Gasteiger partial charge on any atom is 0.328 e. The Morgan fingerprint density at radius 2 is 2.05 bits per heavy atom. The number of carbonyl (C=O) groups excluding carboxylic acids is 1. The Morgan fingerprint density at radius 3 is 2.53 bits per heavy atom. The molecule has 0 fully saturated rings. The van der Waals surface area contributed by atoms with Crippen molar-refractivity contribution in [3.63, 3.8) is 0 Å². The normalized spacial score (nSPS) is 15.3. The summed E-state index contributed by atoms with van der Waals surface area (Å²) in [6.07, 6.45) is -0.487. The largest absolute Gasteiger partial charge is 0.480 e. The molecule has 4 N–H and O–H groups in total. The summed E-state index contributed by atoms with van der Waals surface area (Å²) in [5.74, 6) is -1.27. The lowest BCUT2D eigenvalue weighted by Crippen LogP contribution is -2.52. The zero-order valence-corrected chi connectivity index (χ0v) is 11.6. The lowest BCUT2D eigenvalue weighted by Gasteiger charge is -2.19. The van der Waals surface area contributed by atoms with Crippen molar-refractivity contribution < 1.29 is 19.8 Å². The minimum atomic E-state index is -1.31. The van der Waals surface area contributed by atoms with E-state index >= 15 is 0 Å². The molecule has 6 nitrogen and oxygen atoms in total. The number of urea groups is 1. The number of hydrogen-bond donors (Lipinski definition) is 4. The highest BCUT2D eigenvalue weighted by molar-refractivity contribution is 7.07. The molecule has 2 amide bonds. The van der Waals surface area contributed by atoms with E-state index in [0.29, 0.717) is 6.42 Å². The Hall–Kier alpha value is -1.60. The molecular weight excluding hydrogens is 268 g/mol. The van der Waals surface area contributed by atoms with Crippen LogP contribution in [0.1, 0.15) is 19.4 Å². The van der Waals surface area contributed by atoms with Crippen LogP contribution in [-0.4, -0.2) is 40.4 Å². The van der Waals surface area contributed by atoms with Crippen molar-refractivity contribution in [2.75, 3.05) is 0 Å². The van der Waals surface area contributed by atoms with Gasteiger partial charge in [0.05, 0.1) is 6.10 Å². The maximum absolute atomic E-state index is 11.6. The fourth-order valence-corrected chi connectivity index (χ4v) is 2.29. The Kier molecular flexibility index (Phi) is 5.78. The Bertz CT molecular complexity index is 419. The van der Waals surface area contributed by atoms with Gasteiger partial charge in [0.2, 0.25) is 0 Å². The molecule has 3 atom stereocenters. The summed E-state index contributed by atoms with van der Waals surface area (Å²) < 4.78 is 0. The van der Waals surface area contributed by atoms with Gasteiger partial charge in [-0.3, -0.25) is 0 Å². The number of carboxylic acid groups (broad SMARTS) is 1. The molecule has 3 unspecified atom stereocenters. The van der Waals surface area contributed by atoms with E-state index in [0.717, 1.165) is 5.56 Å². The smallest absolute Gasteiger partial charge is 0.328 e. The molecular formula is C12H18N2O4S. The van der Waals surface area contributed by atoms with E-state index in [1.807, 2.05) is 23.8 Å². The van der Waals surface area contributed by atoms with Crippen molar-refractivity contribution in [3.8, 4) is 0 Å². The van der Waals surface area contributed by atoms with Gasteiger partial charge in [-0.05, 0) is 42.7 Å². The van der Waals surface area contributed by atoms with Crippen LogP contribution in [0.4, 0.5) is 4.79 Å². The monoisotopic (exact) mass is 286 g/mol. The highest BCUT2D eigenvalue weighted by Crippen LogP contribution is 2.08. The van der Waals surface area contributed by atoms with Crippen LogP contribution >= 0.6 is 11.3 Å². The van der Waals surface area contributed by atoms with Crippen LogP contribution in [0, 0.1) is 0 Å². The van der Waals surface area contributed by atoms with Crippen molar-refractivity contribution in [2.24, 2.45) is 0 Å². The van der Waals surface area contributed by atoms with Crippen LogP contribution in [0.2, 0.25) is 0 Å². The number of thiophene rings is 1. The van der Waals surface area contributed by atoms with E-state index in [-0.39, 0.29) is 6.04 Å². The Labute approximate surface area is 115 Å². The summed E-state index contributed by atoms with van der Waals surface area (Å²) in [5.41, 5.74) is 1.11. The first-order chi connectivity index (χ1) is 8.90. The topological polar surface area (TPSA) is 98.7 Å². The minimum Gasteiger partial charge on any atom is -0.480 e. The number of aliphatic hydroxyl groups is 1. The van der Waals surface area contributed by atoms with E-state index in [9.17, 15) is 14.7 Å². The van der Waals surface area contributed by atoms with Crippen LogP contribution in [-0.2, 0) is 11.2 Å². The Balaban J connectivity index is 2.43. The van der Waals surface area contributed by atoms with Crippen molar-refractivity contribution in [1.29, 1.82) is 0 Å². The van der Waals surface area contributed by atoms with Gasteiger partial charge in [0.25, 0.3) is 0 Å². The average molecular weight is 286 g/mol. The van der Waals surface area contributed by atoms with Crippen molar-refractivity contribution >= 4 is 23.3 Å². The molecule has 106 valence electrons. The summed E-state index contributed by atoms with van der Waals surface area (Å²) in [6.45, 7) is 3.14. The summed E-state index contributed by atoms with van der Waals surface area (Å²) in [7, 11) is 0. The Morgan fingerprint density at radius 1 is 1.37 bits per heavy atom. The SMILES string of the molecule is CC(Cc1ccsc1)NC(=O)NC(C(=O)O)C(C)O. The molecule has 1 aromatic heterocycles. The van der Waals surface area contributed by atoms with Crippen LogP contribution in [0.3, 0.4) is 0 Å². The predicted molar refractivity (Wildman–Crippen MR) is 72.3 cm³/mol. The van der Waals surface area contributed by atoms with Gasteiger partial charge in [-0.1, -0.05) is 0 Å². The molecule has 1 rings (SSSR count). The second kappa shape index (κ2) is 7.10. The van der Waals surface area contributed by atoms with Gasteiger partial charge in [-0.2, -0.15) is 11.3 Å². The molecule has 19 heavy (non-hydrogen) atoms. The number of aliphatic carboxylic acids is 1. The molecule has 1 aromatic rings. The minimum absolute atomic E-state index is 0.127. The molecule has 0 saturated heterocycles. The number of hydrogen-bond acceptors (Lipinski definition) is 4. The number of nitrogens with one attached hydrogen (secondary N) is 2. The lowest BCUT2D eigenvalue weighted by molar-refractivity contribution is -0.141. The number of rotatable bonds is 6. The van der Waals surface area contributed by atoms with Crippen molar-refractivity contribution in [1.82, 2.24) is 10.6 Å². The van der Waals surface area contributed by atoms with E-state index in [1.165, 1.54) is 6.92 Å². The van der Waals surface area contributed by atoms with Gasteiger partial charge in [0.1, 0.15) is 0 Å². The third-order valence-electron chi connectivity index (χ3n) is 2.53. The molecule has 0 spiro atoms. The third-order valence-corrected chi connectivity index (χ3v) is 3.27. The first-order valence-electron chi connectivity index (χ1n) is 5.89. The van der Waals surface area contributed by atoms with E-state index in [1.54, 1.807) is 11.3 Å². The van der Waals surface area contributed by atoms with E-state index < -0.39 is 24.1 Å². The van der Waals surface area contributed by atoms with E-state index in [2.05, 4.69) is 10.6 Å². The van der Waals surface area contributed by atoms with Crippen LogP contribution in [0.5, 0.6) is 0 Å². The molecule has 0 radical (unpaired) electrons. The third kappa shape index (κ3) is 5.27. The first-order valence-corrected chi connectivity index (χ1v) is 6.83. The lowest BCUT2D eigenvalue weighted by atomic mass is 10.1. The summed E-state index contributed by atoms with van der Waals surface area (Å²) >= 11 is 1.58. The number of aliphatic hydroxyl groups excluding tert-OH is 1. The van der Waals surface area contributed by atoms with Crippen molar-refractivity contribution in [2.45, 2.75) is 38.5 Å². The van der Waals surface area contributed by atoms with Gasteiger partial charge in [-0.25, -0.2) is 9.59 Å². The summed E-state index contributed by atoms with van der Waals surface area (Å²) in [6, 6.07) is -0.0706. The van der Waals surface area contributed by atoms with Gasteiger partial charge < -0.3 is 20.8 Å². The highest BCUT2D eigenvalue weighted by atomic mass is 32.1. The fourth-order valence-electron chi connectivity index (χ4n) is 1.61. The van der Waals surface area contributed by atoms with E-state index in [4.69, 9.17) is 5.11 Å². The molecule has 0 aliphatic heterocycles. The fraction of sp³-hybridized carbons (Fsp3) is 0.500. The summed E-state index contributed by atoms with van der Waals surface area (Å²) in [5, 5.41) is 26.9. The predicted octanol–water partition coefficient (Wildman–Crippen LogP) is 0.812. The maximum atomic E-state index is 11.6. The van der Waals surface area contributed by atoms with Crippen LogP contribution < -0.4 is 10.6 Å². The van der Waals surface area contributed by atoms with Gasteiger partial charge in [0.15, 0.2) is 6.04 Å². The molecule has 0 saturated carbocycles. The number of carbonyl (C=O) groups is 2. The van der Waals surface area contributed by atoms with Crippen molar-refractivity contribution in [3.05, 3.63) is 22.4 Å². The van der Waals surface area contributed by atoms with Crippen LogP contribution in [0.25, 0.3) is 0 Å². The second-order valence-corrected chi connectivity index (χ2v) is 5.19. The van der Waals surface area contributed by atoms with Gasteiger partial charge in [-0.15, -0.1) is 0 Å². The number of carboxylic acids is 1. The highest BCUT2D eigenvalue weighted by Gasteiger charge is 2.25. The molecule has 0 aliphatic rings. The number of amides is 2. The standard InChI is InChI=1S/C12H18N2O4S/c1-7(5-9-3-4-19-6-9)13-12(18)14-10(8(2)15)11(16)17/h3-4,6-8,10,15H,5H2,1-2H3,(H,16,17)(H2,13,14,18). The zero-order chi connectivity index (χ0) is 14.4. The van der Waals surface area contributed by atoms with Gasteiger partial charge >= 0.3 is 12.0 Å². The quantitative estimate of drug-likeness (QED) is 0.622. The second-order valence-electron chi connectivity index (χ2n) is 4.41. The molecule has 0 aromatic carbocycles.